The van der Waals surface area contributed by atoms with Crippen LogP contribution >= 0.6 is 0 Å². The Morgan fingerprint density at radius 3 is 1.93 bits per heavy atom. The van der Waals surface area contributed by atoms with E-state index in [1.165, 1.54) is 0 Å². The smallest absolute Gasteiger partial charge is 0.490 e. The predicted octanol–water partition coefficient (Wildman–Crippen LogP) is 3.86. The number of carbonyl (C=O) groups is 3. The molecule has 1 aromatic heterocycles. The minimum absolute atomic E-state index is 0.0112. The Balaban J connectivity index is 0.000000522. The molecular formula is C25H28F6N4O7. The number of piperidine rings is 1. The molecular weight excluding hydrogens is 582 g/mol. The highest BCUT2D eigenvalue weighted by Crippen LogP contribution is 2.34. The first kappa shape index (κ1) is 35.5. The van der Waals surface area contributed by atoms with E-state index in [2.05, 4.69) is 9.88 Å². The summed E-state index contributed by atoms with van der Waals surface area (Å²) in [7, 11) is 0. The molecule has 0 amide bonds. The van der Waals surface area contributed by atoms with Crippen LogP contribution in [0.4, 0.5) is 32.0 Å². The first-order chi connectivity index (χ1) is 19.4. The molecule has 1 aromatic carbocycles. The monoisotopic (exact) mass is 610 g/mol. The summed E-state index contributed by atoms with van der Waals surface area (Å²) in [6, 6.07) is 11.0. The number of hydrogen-bond donors (Lipinski definition) is 4. The number of esters is 1. The molecule has 0 unspecified atom stereocenters. The van der Waals surface area contributed by atoms with Gasteiger partial charge in [0.15, 0.2) is 0 Å². The van der Waals surface area contributed by atoms with Crippen molar-refractivity contribution in [3.8, 4) is 5.75 Å². The van der Waals surface area contributed by atoms with Gasteiger partial charge in [0, 0.05) is 36.7 Å². The van der Waals surface area contributed by atoms with Crippen LogP contribution in [0.25, 0.3) is 0 Å². The molecule has 232 valence electrons. The summed E-state index contributed by atoms with van der Waals surface area (Å²) >= 11 is 0. The van der Waals surface area contributed by atoms with Crippen molar-refractivity contribution in [1.82, 2.24) is 4.98 Å². The third-order valence-corrected chi connectivity index (χ3v) is 5.60. The number of carboxylic acids is 2. The van der Waals surface area contributed by atoms with Crippen molar-refractivity contribution in [2.24, 2.45) is 11.1 Å². The zero-order valence-corrected chi connectivity index (χ0v) is 22.0. The van der Waals surface area contributed by atoms with Gasteiger partial charge in [-0.3, -0.25) is 15.2 Å². The van der Waals surface area contributed by atoms with Crippen molar-refractivity contribution in [1.29, 1.82) is 5.41 Å². The van der Waals surface area contributed by atoms with Crippen LogP contribution in [-0.2, 0) is 19.1 Å². The Bertz CT molecular complexity index is 1180. The Morgan fingerprint density at radius 2 is 1.48 bits per heavy atom. The van der Waals surface area contributed by atoms with Crippen LogP contribution in [-0.4, -0.2) is 77.6 Å². The van der Waals surface area contributed by atoms with Gasteiger partial charge < -0.3 is 30.3 Å². The number of pyridine rings is 1. The number of alkyl halides is 6. The maximum atomic E-state index is 12.6. The number of carboxylic acid groups (broad SMARTS) is 2. The summed E-state index contributed by atoms with van der Waals surface area (Å²) in [4.78, 5) is 36.7. The van der Waals surface area contributed by atoms with E-state index >= 15 is 0 Å². The molecule has 1 aliphatic rings. The average Bonchev–Trinajstić information content (AvgIpc) is 2.91. The van der Waals surface area contributed by atoms with E-state index in [-0.39, 0.29) is 25.0 Å². The van der Waals surface area contributed by atoms with E-state index in [9.17, 15) is 31.1 Å². The molecule has 17 heteroatoms. The van der Waals surface area contributed by atoms with E-state index in [1.54, 1.807) is 36.7 Å². The first-order valence-electron chi connectivity index (χ1n) is 11.9. The number of rotatable bonds is 7. The number of aliphatic carboxylic acids is 2. The first-order valence-corrected chi connectivity index (χ1v) is 11.9. The summed E-state index contributed by atoms with van der Waals surface area (Å²) in [6.07, 6.45) is -5.11. The molecule has 2 aromatic rings. The van der Waals surface area contributed by atoms with Crippen molar-refractivity contribution in [3.63, 3.8) is 0 Å². The van der Waals surface area contributed by atoms with Crippen LogP contribution in [0.3, 0.4) is 0 Å². The lowest BCUT2D eigenvalue weighted by Crippen LogP contribution is -2.43. The van der Waals surface area contributed by atoms with Crippen molar-refractivity contribution in [2.45, 2.75) is 32.1 Å². The van der Waals surface area contributed by atoms with E-state index in [4.69, 9.17) is 40.4 Å². The highest BCUT2D eigenvalue weighted by molar-refractivity contribution is 5.95. The van der Waals surface area contributed by atoms with Gasteiger partial charge in [-0.15, -0.1) is 0 Å². The number of hydrogen-bond acceptors (Lipinski definition) is 8. The molecule has 5 N–H and O–H groups in total. The van der Waals surface area contributed by atoms with Crippen LogP contribution in [0.1, 0.15) is 25.3 Å². The Morgan fingerprint density at radius 1 is 0.976 bits per heavy atom. The zero-order chi connectivity index (χ0) is 32.1. The van der Waals surface area contributed by atoms with Gasteiger partial charge in [-0.05, 0) is 44.0 Å². The number of carbonyl (C=O) groups excluding carboxylic acids is 1. The molecule has 3 rings (SSSR count). The maximum Gasteiger partial charge on any atom is 0.490 e. The molecule has 0 bridgehead atoms. The molecule has 1 fully saturated rings. The lowest BCUT2D eigenvalue weighted by Gasteiger charge is -2.38. The van der Waals surface area contributed by atoms with Crippen LogP contribution in [0.5, 0.6) is 5.75 Å². The van der Waals surface area contributed by atoms with Gasteiger partial charge in [-0.1, -0.05) is 12.1 Å². The van der Waals surface area contributed by atoms with Crippen molar-refractivity contribution in [2.75, 3.05) is 31.2 Å². The van der Waals surface area contributed by atoms with Gasteiger partial charge in [0.05, 0.1) is 5.41 Å². The molecule has 0 spiro atoms. The van der Waals surface area contributed by atoms with Gasteiger partial charge in [0.2, 0.25) is 0 Å². The average molecular weight is 611 g/mol. The van der Waals surface area contributed by atoms with Crippen molar-refractivity contribution in [3.05, 3.63) is 54.4 Å². The fourth-order valence-electron chi connectivity index (χ4n) is 3.24. The SMILES string of the molecule is CC1(C(=O)OCCOc2cccc(C(=N)N)c2)CCN(c2ccncc2)CC1.O=C(O)C(F)(F)F.O=C(O)C(F)(F)F. The summed E-state index contributed by atoms with van der Waals surface area (Å²) in [6.45, 7) is 4.03. The molecule has 1 aliphatic heterocycles. The van der Waals surface area contributed by atoms with Crippen LogP contribution in [0.2, 0.25) is 0 Å². The zero-order valence-electron chi connectivity index (χ0n) is 22.0. The largest absolute Gasteiger partial charge is 0.490 e. The van der Waals surface area contributed by atoms with Crippen molar-refractivity contribution >= 4 is 29.4 Å². The van der Waals surface area contributed by atoms with Crippen LogP contribution < -0.4 is 15.4 Å². The second-order valence-electron chi connectivity index (χ2n) is 8.78. The predicted molar refractivity (Wildman–Crippen MR) is 135 cm³/mol. The Labute approximate surface area is 235 Å². The Kier molecular flexibility index (Phi) is 13.0. The molecule has 0 radical (unpaired) electrons. The van der Waals surface area contributed by atoms with Crippen molar-refractivity contribution < 1.29 is 60.4 Å². The van der Waals surface area contributed by atoms with E-state index in [0.717, 1.165) is 31.6 Å². The lowest BCUT2D eigenvalue weighted by atomic mass is 9.80. The number of amidine groups is 1. The summed E-state index contributed by atoms with van der Waals surface area (Å²) < 4.78 is 74.5. The number of nitrogens with zero attached hydrogens (tertiary/aromatic N) is 2. The number of benzene rings is 1. The molecule has 0 atom stereocenters. The van der Waals surface area contributed by atoms with Gasteiger partial charge in [0.25, 0.3) is 0 Å². The topological polar surface area (TPSA) is 176 Å². The van der Waals surface area contributed by atoms with E-state index < -0.39 is 29.7 Å². The quantitative estimate of drug-likeness (QED) is 0.118. The fraction of sp³-hybridized carbons (Fsp3) is 0.400. The standard InChI is InChI=1S/C21H26N4O3.2C2HF3O2/c1-21(7-11-25(12-8-21)17-5-9-24-10-6-17)20(26)28-14-13-27-18-4-2-3-16(15-18)19(22)23;2*3-2(4,5)1(6)7/h2-6,9-10,15H,7-8,11-14H2,1H3,(H3,22,23);2*(H,6,7). The van der Waals surface area contributed by atoms with Gasteiger partial charge in [-0.2, -0.15) is 26.3 Å². The maximum absolute atomic E-state index is 12.6. The molecule has 42 heavy (non-hydrogen) atoms. The van der Waals surface area contributed by atoms with Gasteiger partial charge in [0.1, 0.15) is 24.8 Å². The lowest BCUT2D eigenvalue weighted by molar-refractivity contribution is -0.193. The second kappa shape index (κ2) is 15.4. The number of halogens is 6. The highest BCUT2D eigenvalue weighted by Gasteiger charge is 2.39. The highest BCUT2D eigenvalue weighted by atomic mass is 19.4. The molecule has 0 saturated carbocycles. The Hall–Kier alpha value is -4.57. The summed E-state index contributed by atoms with van der Waals surface area (Å²) in [5.74, 6) is -5.11. The van der Waals surface area contributed by atoms with Crippen LogP contribution in [0.15, 0.2) is 48.8 Å². The molecule has 0 aliphatic carbocycles. The summed E-state index contributed by atoms with van der Waals surface area (Å²) in [5, 5.41) is 21.7. The third-order valence-electron chi connectivity index (χ3n) is 5.60. The van der Waals surface area contributed by atoms with E-state index in [0.29, 0.717) is 11.3 Å². The fourth-order valence-corrected chi connectivity index (χ4v) is 3.24. The number of nitrogens with two attached hydrogens (primary N) is 1. The van der Waals surface area contributed by atoms with Gasteiger partial charge >= 0.3 is 30.3 Å². The molecule has 11 nitrogen and oxygen atoms in total. The number of aromatic nitrogens is 1. The van der Waals surface area contributed by atoms with Crippen LogP contribution in [0, 0.1) is 10.8 Å². The number of nitrogens with one attached hydrogen (secondary N) is 1. The molecule has 2 heterocycles. The number of nitrogen functional groups attached to an aromatic ring is 1. The van der Waals surface area contributed by atoms with E-state index in [1.807, 2.05) is 19.1 Å². The minimum Gasteiger partial charge on any atom is -0.490 e. The second-order valence-corrected chi connectivity index (χ2v) is 8.78. The van der Waals surface area contributed by atoms with Gasteiger partial charge in [-0.25, -0.2) is 9.59 Å². The third kappa shape index (κ3) is 12.3. The normalized spacial score (nSPS) is 14.2. The summed E-state index contributed by atoms with van der Waals surface area (Å²) in [5.41, 5.74) is 6.73. The number of ether oxygens (including phenoxy) is 2. The molecule has 1 saturated heterocycles. The minimum atomic E-state index is -5.08. The number of anilines is 1.